The molecule has 0 saturated carbocycles. The molecule has 0 aromatic heterocycles. The molecule has 0 spiro atoms. The molecule has 1 atom stereocenters. The van der Waals surface area contributed by atoms with E-state index in [-0.39, 0.29) is 29.7 Å². The zero-order valence-electron chi connectivity index (χ0n) is 25.2. The third-order valence-electron chi connectivity index (χ3n) is 7.19. The average molecular weight is 632 g/mol. The molecule has 0 heterocycles. The van der Waals surface area contributed by atoms with Crippen molar-refractivity contribution in [3.8, 4) is 0 Å². The summed E-state index contributed by atoms with van der Waals surface area (Å²) in [6.45, 7) is 5.77. The first kappa shape index (κ1) is 32.8. The van der Waals surface area contributed by atoms with E-state index < -0.39 is 28.5 Å². The van der Waals surface area contributed by atoms with Gasteiger partial charge >= 0.3 is 0 Å². The first-order valence-corrected chi connectivity index (χ1v) is 16.4. The van der Waals surface area contributed by atoms with Crippen LogP contribution in [-0.4, -0.2) is 44.3 Å². The Labute approximate surface area is 265 Å². The summed E-state index contributed by atoms with van der Waals surface area (Å²) in [4.78, 5) is 29.8. The number of hydrogen-bond acceptors (Lipinski definition) is 4. The first-order valence-electron chi connectivity index (χ1n) is 14.5. The number of amides is 2. The summed E-state index contributed by atoms with van der Waals surface area (Å²) in [5.41, 5.74) is 2.66. The Hall–Kier alpha value is -4.14. The lowest BCUT2D eigenvalue weighted by Crippen LogP contribution is -2.53. The van der Waals surface area contributed by atoms with Gasteiger partial charge in [-0.25, -0.2) is 8.42 Å². The lowest BCUT2D eigenvalue weighted by Gasteiger charge is -2.34. The highest BCUT2D eigenvalue weighted by atomic mass is 35.5. The maximum atomic E-state index is 14.5. The minimum Gasteiger partial charge on any atom is -0.354 e. The number of carbonyl (C=O) groups is 2. The molecule has 4 aromatic carbocycles. The largest absolute Gasteiger partial charge is 0.354 e. The molecule has 1 N–H and O–H groups in total. The highest BCUT2D eigenvalue weighted by molar-refractivity contribution is 7.92. The van der Waals surface area contributed by atoms with E-state index in [0.717, 1.165) is 9.87 Å². The summed E-state index contributed by atoms with van der Waals surface area (Å²) < 4.78 is 29.3. The van der Waals surface area contributed by atoms with Crippen molar-refractivity contribution in [2.45, 2.75) is 44.7 Å². The number of sulfonamides is 1. The SMILES string of the molecule is Cc1ccccc1N(CC(=O)N(Cc1cccc(Cl)c1)[C@H](Cc1ccccc1)C(=O)NCC(C)C)S(=O)(=O)c1ccccc1. The predicted octanol–water partition coefficient (Wildman–Crippen LogP) is 6.26. The number of nitrogens with one attached hydrogen (secondary N) is 1. The summed E-state index contributed by atoms with van der Waals surface area (Å²) in [6, 6.07) is 30.7. The van der Waals surface area contributed by atoms with Crippen LogP contribution in [0.15, 0.2) is 114 Å². The van der Waals surface area contributed by atoms with E-state index in [1.54, 1.807) is 61.5 Å². The van der Waals surface area contributed by atoms with Gasteiger partial charge in [-0.3, -0.25) is 13.9 Å². The smallest absolute Gasteiger partial charge is 0.264 e. The quantitative estimate of drug-likeness (QED) is 0.189. The van der Waals surface area contributed by atoms with Crippen molar-refractivity contribution in [3.05, 3.63) is 131 Å². The predicted molar refractivity (Wildman–Crippen MR) is 176 cm³/mol. The van der Waals surface area contributed by atoms with Gasteiger partial charge in [0.2, 0.25) is 11.8 Å². The fourth-order valence-electron chi connectivity index (χ4n) is 4.88. The molecular formula is C35H38ClN3O4S. The molecule has 4 aromatic rings. The van der Waals surface area contributed by atoms with Gasteiger partial charge in [0.1, 0.15) is 12.6 Å². The van der Waals surface area contributed by atoms with Crippen LogP contribution < -0.4 is 9.62 Å². The Kier molecular flexibility index (Phi) is 11.2. The Morgan fingerprint density at radius 3 is 2.07 bits per heavy atom. The number of anilines is 1. The molecule has 0 aliphatic heterocycles. The Bertz CT molecular complexity index is 1660. The van der Waals surface area contributed by atoms with Crippen LogP contribution in [0.4, 0.5) is 5.69 Å². The minimum atomic E-state index is -4.15. The number of benzene rings is 4. The number of rotatable bonds is 13. The van der Waals surface area contributed by atoms with Gasteiger partial charge in [0.25, 0.3) is 10.0 Å². The van der Waals surface area contributed by atoms with Crippen LogP contribution in [0.25, 0.3) is 0 Å². The van der Waals surface area contributed by atoms with Crippen LogP contribution in [-0.2, 0) is 32.6 Å². The second kappa shape index (κ2) is 15.0. The van der Waals surface area contributed by atoms with Crippen molar-refractivity contribution in [3.63, 3.8) is 0 Å². The molecule has 44 heavy (non-hydrogen) atoms. The molecule has 230 valence electrons. The molecule has 0 unspecified atom stereocenters. The highest BCUT2D eigenvalue weighted by Gasteiger charge is 2.35. The highest BCUT2D eigenvalue weighted by Crippen LogP contribution is 2.28. The molecule has 7 nitrogen and oxygen atoms in total. The fourth-order valence-corrected chi connectivity index (χ4v) is 6.60. The van der Waals surface area contributed by atoms with Gasteiger partial charge in [-0.05, 0) is 59.9 Å². The molecule has 0 aliphatic rings. The van der Waals surface area contributed by atoms with E-state index in [2.05, 4.69) is 5.32 Å². The normalized spacial score (nSPS) is 12.0. The number of para-hydroxylation sites is 1. The minimum absolute atomic E-state index is 0.0546. The molecule has 4 rings (SSSR count). The number of aryl methyl sites for hydroxylation is 1. The second-order valence-corrected chi connectivity index (χ2v) is 13.4. The van der Waals surface area contributed by atoms with Crippen molar-refractivity contribution < 1.29 is 18.0 Å². The maximum absolute atomic E-state index is 14.5. The zero-order chi connectivity index (χ0) is 31.7. The summed E-state index contributed by atoms with van der Waals surface area (Å²) in [5, 5.41) is 3.49. The lowest BCUT2D eigenvalue weighted by atomic mass is 10.0. The average Bonchev–Trinajstić information content (AvgIpc) is 3.01. The van der Waals surface area contributed by atoms with E-state index in [9.17, 15) is 18.0 Å². The van der Waals surface area contributed by atoms with Crippen molar-refractivity contribution in [2.24, 2.45) is 5.92 Å². The van der Waals surface area contributed by atoms with Crippen molar-refractivity contribution in [1.82, 2.24) is 10.2 Å². The van der Waals surface area contributed by atoms with Gasteiger partial charge in [-0.15, -0.1) is 0 Å². The summed E-state index contributed by atoms with van der Waals surface area (Å²) in [7, 11) is -4.15. The van der Waals surface area contributed by atoms with Gasteiger partial charge in [0, 0.05) is 24.5 Å². The van der Waals surface area contributed by atoms with E-state index >= 15 is 0 Å². The molecule has 0 saturated heterocycles. The van der Waals surface area contributed by atoms with Crippen LogP contribution >= 0.6 is 11.6 Å². The van der Waals surface area contributed by atoms with E-state index in [1.165, 1.54) is 17.0 Å². The second-order valence-electron chi connectivity index (χ2n) is 11.1. The number of hydrogen-bond donors (Lipinski definition) is 1. The van der Waals surface area contributed by atoms with Crippen LogP contribution in [0.3, 0.4) is 0 Å². The third-order valence-corrected chi connectivity index (χ3v) is 9.20. The Morgan fingerprint density at radius 1 is 0.818 bits per heavy atom. The monoisotopic (exact) mass is 631 g/mol. The Balaban J connectivity index is 1.80. The molecule has 2 amide bonds. The standard InChI is InChI=1S/C35H38ClN3O4S/c1-26(2)23-37-35(41)33(22-28-14-6-4-7-15-28)38(24-29-16-12-17-30(36)21-29)34(40)25-39(32-20-11-10-13-27(32)3)44(42,43)31-18-8-5-9-19-31/h4-21,26,33H,22-25H2,1-3H3,(H,37,41)/t33-/m1/s1. The molecule has 0 fully saturated rings. The van der Waals surface area contributed by atoms with Crippen molar-refractivity contribution >= 4 is 39.1 Å². The molecule has 0 radical (unpaired) electrons. The maximum Gasteiger partial charge on any atom is 0.264 e. The van der Waals surface area contributed by atoms with Gasteiger partial charge in [0.15, 0.2) is 0 Å². The zero-order valence-corrected chi connectivity index (χ0v) is 26.8. The van der Waals surface area contributed by atoms with E-state index in [4.69, 9.17) is 11.6 Å². The summed E-state index contributed by atoms with van der Waals surface area (Å²) >= 11 is 6.30. The van der Waals surface area contributed by atoms with Gasteiger partial charge < -0.3 is 10.2 Å². The summed E-state index contributed by atoms with van der Waals surface area (Å²) in [5.74, 6) is -0.638. The van der Waals surface area contributed by atoms with E-state index in [1.807, 2.05) is 56.3 Å². The van der Waals surface area contributed by atoms with Crippen LogP contribution in [0.5, 0.6) is 0 Å². The first-order chi connectivity index (χ1) is 21.1. The van der Waals surface area contributed by atoms with Gasteiger partial charge in [-0.2, -0.15) is 0 Å². The molecular weight excluding hydrogens is 594 g/mol. The number of nitrogens with zero attached hydrogens (tertiary/aromatic N) is 2. The third kappa shape index (κ3) is 8.49. The number of halogens is 1. The van der Waals surface area contributed by atoms with Crippen molar-refractivity contribution in [2.75, 3.05) is 17.4 Å². The van der Waals surface area contributed by atoms with Crippen LogP contribution in [0.2, 0.25) is 5.02 Å². The molecule has 0 bridgehead atoms. The number of carbonyl (C=O) groups excluding carboxylic acids is 2. The van der Waals surface area contributed by atoms with Gasteiger partial charge in [0.05, 0.1) is 10.6 Å². The summed E-state index contributed by atoms with van der Waals surface area (Å²) in [6.07, 6.45) is 0.243. The molecule has 9 heteroatoms. The van der Waals surface area contributed by atoms with Crippen LogP contribution in [0, 0.1) is 12.8 Å². The molecule has 0 aliphatic carbocycles. The topological polar surface area (TPSA) is 86.8 Å². The van der Waals surface area contributed by atoms with Crippen LogP contribution in [0.1, 0.15) is 30.5 Å². The van der Waals surface area contributed by atoms with Crippen molar-refractivity contribution in [1.29, 1.82) is 0 Å². The van der Waals surface area contributed by atoms with Gasteiger partial charge in [-0.1, -0.05) is 104 Å². The fraction of sp³-hybridized carbons (Fsp3) is 0.257. The lowest BCUT2D eigenvalue weighted by molar-refractivity contribution is -0.140. The van der Waals surface area contributed by atoms with E-state index in [0.29, 0.717) is 28.4 Å². The Morgan fingerprint density at radius 2 is 1.43 bits per heavy atom.